The fourth-order valence-corrected chi connectivity index (χ4v) is 3.21. The number of carbonyl (C=O) groups is 5. The van der Waals surface area contributed by atoms with E-state index in [2.05, 4.69) is 32.8 Å². The van der Waals surface area contributed by atoms with E-state index < -0.39 is 48.8 Å². The number of carbonyl (C=O) groups excluding carboxylic acids is 5. The van der Waals surface area contributed by atoms with Gasteiger partial charge in [0.1, 0.15) is 6.04 Å². The van der Waals surface area contributed by atoms with Crippen LogP contribution in [-0.4, -0.2) is 58.3 Å². The summed E-state index contributed by atoms with van der Waals surface area (Å²) in [5.41, 5.74) is 0.402. The first-order valence-electron chi connectivity index (χ1n) is 11.5. The minimum atomic E-state index is -1.62. The Balaban J connectivity index is 0.0000116. The molecular weight excluding hydrogens is 510 g/mol. The van der Waals surface area contributed by atoms with Crippen LogP contribution in [0.3, 0.4) is 0 Å². The molecule has 0 spiro atoms. The van der Waals surface area contributed by atoms with Gasteiger partial charge in [0.15, 0.2) is 0 Å². The van der Waals surface area contributed by atoms with Crippen molar-refractivity contribution in [3.63, 3.8) is 0 Å². The second-order valence-corrected chi connectivity index (χ2v) is 8.01. The fraction of sp³-hybridized carbons (Fsp3) is 0.636. The molecule has 1 heterocycles. The Morgan fingerprint density at radius 3 is 2.17 bits per heavy atom. The zero-order chi connectivity index (χ0) is 25.3. The summed E-state index contributed by atoms with van der Waals surface area (Å²) < 4.78 is 0. The summed E-state index contributed by atoms with van der Waals surface area (Å²) in [5, 5.41) is 29.1. The number of unbranched alkanes of at least 4 members (excludes halogenated alkanes) is 6. The van der Waals surface area contributed by atoms with Gasteiger partial charge in [-0.3, -0.25) is 14.4 Å². The molecule has 1 aromatic heterocycles. The molecule has 4 N–H and O–H groups in total. The number of rotatable bonds is 18. The number of H-pyrrole nitrogens is 1. The van der Waals surface area contributed by atoms with Crippen molar-refractivity contribution in [2.45, 2.75) is 83.2 Å². The molecular formula is C22H33CuN5O7. The number of hydrogen-bond donors (Lipinski definition) is 4. The third-order valence-electron chi connectivity index (χ3n) is 5.06. The zero-order valence-electron chi connectivity index (χ0n) is 19.7. The van der Waals surface area contributed by atoms with Gasteiger partial charge in [-0.15, -0.1) is 0 Å². The Morgan fingerprint density at radius 2 is 1.60 bits per heavy atom. The molecule has 12 nitrogen and oxygen atoms in total. The molecule has 0 bridgehead atoms. The maximum absolute atomic E-state index is 12.4. The van der Waals surface area contributed by atoms with E-state index >= 15 is 0 Å². The summed E-state index contributed by atoms with van der Waals surface area (Å²) in [6.45, 7) is 1.69. The molecule has 0 fully saturated rings. The van der Waals surface area contributed by atoms with Crippen molar-refractivity contribution in [2.24, 2.45) is 0 Å². The van der Waals surface area contributed by atoms with Crippen LogP contribution in [0.1, 0.15) is 70.4 Å². The first-order valence-corrected chi connectivity index (χ1v) is 11.5. The molecule has 199 valence electrons. The molecule has 2 atom stereocenters. The number of aliphatic carboxylic acids is 2. The summed E-state index contributed by atoms with van der Waals surface area (Å²) in [6, 6.07) is -3.09. The summed E-state index contributed by atoms with van der Waals surface area (Å²) in [7, 11) is 0. The predicted octanol–water partition coefficient (Wildman–Crippen LogP) is -1.93. The van der Waals surface area contributed by atoms with Crippen LogP contribution in [0.25, 0.3) is 0 Å². The number of aromatic amines is 1. The number of aromatic nitrogens is 2. The van der Waals surface area contributed by atoms with Gasteiger partial charge in [-0.1, -0.05) is 45.4 Å². The average Bonchev–Trinajstić information content (AvgIpc) is 3.29. The third kappa shape index (κ3) is 14.8. The quantitative estimate of drug-likeness (QED) is 0.121. The Bertz CT molecular complexity index is 804. The zero-order valence-corrected chi connectivity index (χ0v) is 20.6. The molecule has 0 saturated heterocycles. The van der Waals surface area contributed by atoms with Gasteiger partial charge in [-0.25, -0.2) is 4.98 Å². The third-order valence-corrected chi connectivity index (χ3v) is 5.06. The van der Waals surface area contributed by atoms with Crippen LogP contribution in [0.2, 0.25) is 0 Å². The Morgan fingerprint density at radius 1 is 0.943 bits per heavy atom. The van der Waals surface area contributed by atoms with Gasteiger partial charge < -0.3 is 40.7 Å². The second-order valence-electron chi connectivity index (χ2n) is 8.01. The van der Waals surface area contributed by atoms with E-state index in [1.807, 2.05) is 0 Å². The Hall–Kier alpha value is -2.92. The molecule has 0 aromatic carbocycles. The molecule has 0 aliphatic rings. The SMILES string of the molecule is CCCCCCCCCC(=O)NCC(=O)N[C@@H](CC(=O)[O-])C(=O)N[C@@H](Cc1cnc[nH]1)C(=O)[O-].[Cu+2]. The van der Waals surface area contributed by atoms with Crippen molar-refractivity contribution in [1.29, 1.82) is 0 Å². The minimum absolute atomic E-state index is 0. The van der Waals surface area contributed by atoms with E-state index in [0.29, 0.717) is 12.1 Å². The molecule has 1 radical (unpaired) electrons. The summed E-state index contributed by atoms with van der Waals surface area (Å²) in [5.74, 6) is -5.39. The van der Waals surface area contributed by atoms with Crippen LogP contribution in [0.15, 0.2) is 12.5 Å². The van der Waals surface area contributed by atoms with Crippen molar-refractivity contribution < 1.29 is 51.3 Å². The van der Waals surface area contributed by atoms with Crippen LogP contribution in [0.5, 0.6) is 0 Å². The summed E-state index contributed by atoms with van der Waals surface area (Å²) in [4.78, 5) is 65.3. The molecule has 3 amide bonds. The molecule has 0 saturated carbocycles. The van der Waals surface area contributed by atoms with Gasteiger partial charge in [0.25, 0.3) is 0 Å². The molecule has 35 heavy (non-hydrogen) atoms. The normalized spacial score (nSPS) is 12.0. The van der Waals surface area contributed by atoms with Gasteiger partial charge in [-0.2, -0.15) is 0 Å². The molecule has 0 aliphatic carbocycles. The largest absolute Gasteiger partial charge is 2.00 e. The summed E-state index contributed by atoms with van der Waals surface area (Å²) in [6.07, 6.45) is 9.18. The fourth-order valence-electron chi connectivity index (χ4n) is 3.21. The van der Waals surface area contributed by atoms with E-state index in [0.717, 1.165) is 19.3 Å². The first kappa shape index (κ1) is 32.1. The molecule has 0 aliphatic heterocycles. The van der Waals surface area contributed by atoms with Gasteiger partial charge in [0.2, 0.25) is 17.7 Å². The number of carboxylic acid groups (broad SMARTS) is 2. The number of imidazole rings is 1. The van der Waals surface area contributed by atoms with Crippen LogP contribution in [0.4, 0.5) is 0 Å². The summed E-state index contributed by atoms with van der Waals surface area (Å²) >= 11 is 0. The molecule has 1 aromatic rings. The van der Waals surface area contributed by atoms with Crippen molar-refractivity contribution in [2.75, 3.05) is 6.54 Å². The number of nitrogens with one attached hydrogen (secondary N) is 4. The van der Waals surface area contributed by atoms with E-state index in [1.54, 1.807) is 0 Å². The van der Waals surface area contributed by atoms with Crippen LogP contribution in [-0.2, 0) is 47.5 Å². The second kappa shape index (κ2) is 18.4. The minimum Gasteiger partial charge on any atom is -0.550 e. The van der Waals surface area contributed by atoms with Gasteiger partial charge >= 0.3 is 17.1 Å². The van der Waals surface area contributed by atoms with Crippen molar-refractivity contribution in [3.05, 3.63) is 18.2 Å². The standard InChI is InChI=1S/C22H35N5O7.Cu/c1-2-3-4-5-6-7-8-9-18(28)24-13-19(29)26-16(11-20(30)31)21(32)27-17(22(33)34)10-15-12-23-14-25-15;/h12,14,16-17H,2-11,13H2,1H3,(H,23,25)(H,24,28)(H,26,29)(H,27,32)(H,30,31)(H,33,34);/q;+2/p-2/t16-,17-;/m0./s1. The number of carboxylic acids is 2. The number of hydrogen-bond acceptors (Lipinski definition) is 8. The van der Waals surface area contributed by atoms with E-state index in [-0.39, 0.29) is 35.8 Å². The molecule has 1 rings (SSSR count). The average molecular weight is 543 g/mol. The van der Waals surface area contributed by atoms with Crippen LogP contribution >= 0.6 is 0 Å². The molecule has 13 heteroatoms. The van der Waals surface area contributed by atoms with Gasteiger partial charge in [0.05, 0.1) is 24.9 Å². The van der Waals surface area contributed by atoms with Crippen molar-refractivity contribution in [1.82, 2.24) is 25.9 Å². The van der Waals surface area contributed by atoms with Gasteiger partial charge in [0, 0.05) is 37.1 Å². The monoisotopic (exact) mass is 542 g/mol. The number of amides is 3. The van der Waals surface area contributed by atoms with Crippen molar-refractivity contribution in [3.8, 4) is 0 Å². The van der Waals surface area contributed by atoms with E-state index in [1.165, 1.54) is 31.8 Å². The maximum atomic E-state index is 12.4. The van der Waals surface area contributed by atoms with Crippen molar-refractivity contribution >= 4 is 29.7 Å². The topological polar surface area (TPSA) is 196 Å². The van der Waals surface area contributed by atoms with Crippen LogP contribution < -0.4 is 26.2 Å². The van der Waals surface area contributed by atoms with E-state index in [9.17, 15) is 34.2 Å². The maximum Gasteiger partial charge on any atom is 2.00 e. The number of nitrogens with zero attached hydrogens (tertiary/aromatic N) is 1. The Kier molecular flexibility index (Phi) is 16.9. The molecule has 0 unspecified atom stereocenters. The first-order chi connectivity index (χ1) is 16.2. The smallest absolute Gasteiger partial charge is 0.550 e. The Labute approximate surface area is 214 Å². The van der Waals surface area contributed by atoms with Crippen LogP contribution in [0, 0.1) is 0 Å². The predicted molar refractivity (Wildman–Crippen MR) is 116 cm³/mol. The van der Waals surface area contributed by atoms with Gasteiger partial charge in [-0.05, 0) is 6.42 Å². The van der Waals surface area contributed by atoms with E-state index in [4.69, 9.17) is 0 Å².